The van der Waals surface area contributed by atoms with Crippen LogP contribution >= 0.6 is 0 Å². The molecule has 2 aromatic carbocycles. The quantitative estimate of drug-likeness (QED) is 0.613. The van der Waals surface area contributed by atoms with Gasteiger partial charge in [0.2, 0.25) is 0 Å². The summed E-state index contributed by atoms with van der Waals surface area (Å²) in [5.41, 5.74) is 5.00. The monoisotopic (exact) mass is 414 g/mol. The smallest absolute Gasteiger partial charge is 0.255 e. The van der Waals surface area contributed by atoms with Crippen LogP contribution in [-0.4, -0.2) is 43.0 Å². The minimum atomic E-state index is -0.101. The Morgan fingerprint density at radius 1 is 1.00 bits per heavy atom. The molecule has 3 aromatic rings. The number of nitrogens with one attached hydrogen (secondary N) is 1. The Balaban J connectivity index is 1.61. The summed E-state index contributed by atoms with van der Waals surface area (Å²) >= 11 is 0. The van der Waals surface area contributed by atoms with Crippen LogP contribution in [0.15, 0.2) is 66.9 Å². The Hall–Kier alpha value is -3.18. The van der Waals surface area contributed by atoms with Crippen LogP contribution in [0, 0.1) is 0 Å². The van der Waals surface area contributed by atoms with Gasteiger partial charge in [-0.05, 0) is 60.8 Å². The Morgan fingerprint density at radius 2 is 1.77 bits per heavy atom. The molecule has 1 saturated heterocycles. The molecule has 1 amide bonds. The number of carbonyl (C=O) groups is 1. The molecule has 1 aliphatic rings. The Labute approximate surface area is 184 Å². The van der Waals surface area contributed by atoms with E-state index in [-0.39, 0.29) is 5.91 Å². The molecule has 1 aliphatic heterocycles. The molecule has 0 bridgehead atoms. The molecule has 0 spiro atoms. The van der Waals surface area contributed by atoms with E-state index in [0.717, 1.165) is 31.1 Å². The predicted octanol–water partition coefficient (Wildman–Crippen LogP) is 5.05. The van der Waals surface area contributed by atoms with E-state index in [0.29, 0.717) is 5.56 Å². The summed E-state index contributed by atoms with van der Waals surface area (Å²) in [4.78, 5) is 21.8. The third-order valence-corrected chi connectivity index (χ3v) is 5.76. The highest BCUT2D eigenvalue weighted by Gasteiger charge is 2.16. The van der Waals surface area contributed by atoms with E-state index in [1.165, 1.54) is 36.0 Å². The average molecular weight is 415 g/mol. The number of benzene rings is 2. The van der Waals surface area contributed by atoms with E-state index in [1.54, 1.807) is 6.20 Å². The van der Waals surface area contributed by atoms with Crippen LogP contribution in [0.25, 0.3) is 11.1 Å². The zero-order valence-corrected chi connectivity index (χ0v) is 18.3. The fourth-order valence-electron chi connectivity index (χ4n) is 4.07. The lowest BCUT2D eigenvalue weighted by atomic mass is 9.96. The number of anilines is 2. The first-order chi connectivity index (χ1) is 15.1. The lowest BCUT2D eigenvalue weighted by molar-refractivity contribution is 0.102. The van der Waals surface area contributed by atoms with Crippen molar-refractivity contribution in [2.75, 3.05) is 37.4 Å². The van der Waals surface area contributed by atoms with Gasteiger partial charge in [0.05, 0.1) is 0 Å². The molecule has 31 heavy (non-hydrogen) atoms. The number of hydrogen-bond donors (Lipinski definition) is 1. The van der Waals surface area contributed by atoms with E-state index in [4.69, 9.17) is 0 Å². The van der Waals surface area contributed by atoms with Crippen molar-refractivity contribution in [3.8, 4) is 11.1 Å². The molecule has 2 heterocycles. The Bertz CT molecular complexity index is 1030. The van der Waals surface area contributed by atoms with E-state index in [9.17, 15) is 4.79 Å². The summed E-state index contributed by atoms with van der Waals surface area (Å²) in [7, 11) is 3.87. The van der Waals surface area contributed by atoms with E-state index < -0.39 is 0 Å². The second-order valence-corrected chi connectivity index (χ2v) is 8.33. The summed E-state index contributed by atoms with van der Waals surface area (Å²) in [5.74, 6) is 0.707. The molecule has 5 heteroatoms. The van der Waals surface area contributed by atoms with Gasteiger partial charge in [-0.3, -0.25) is 9.69 Å². The van der Waals surface area contributed by atoms with Gasteiger partial charge in [-0.25, -0.2) is 4.98 Å². The van der Waals surface area contributed by atoms with Crippen LogP contribution in [0.5, 0.6) is 0 Å². The van der Waals surface area contributed by atoms with Crippen molar-refractivity contribution in [2.24, 2.45) is 0 Å². The maximum Gasteiger partial charge on any atom is 0.255 e. The number of hydrogen-bond acceptors (Lipinski definition) is 4. The topological polar surface area (TPSA) is 48.5 Å². The highest BCUT2D eigenvalue weighted by atomic mass is 16.1. The van der Waals surface area contributed by atoms with Crippen LogP contribution in [-0.2, 0) is 6.54 Å². The number of pyridine rings is 1. The molecular formula is C26H30N4O. The summed E-state index contributed by atoms with van der Waals surface area (Å²) in [5, 5.41) is 3.02. The van der Waals surface area contributed by atoms with Crippen molar-refractivity contribution >= 4 is 17.4 Å². The molecule has 1 aromatic heterocycles. The van der Waals surface area contributed by atoms with Gasteiger partial charge in [-0.1, -0.05) is 42.8 Å². The number of piperidine rings is 1. The van der Waals surface area contributed by atoms with Gasteiger partial charge < -0.3 is 10.2 Å². The fourth-order valence-corrected chi connectivity index (χ4v) is 4.07. The molecule has 0 unspecified atom stereocenters. The van der Waals surface area contributed by atoms with Gasteiger partial charge >= 0.3 is 0 Å². The number of carbonyl (C=O) groups excluding carboxylic acids is 1. The summed E-state index contributed by atoms with van der Waals surface area (Å²) in [6.45, 7) is 3.11. The van der Waals surface area contributed by atoms with E-state index in [1.807, 2.05) is 43.3 Å². The number of nitrogens with zero attached hydrogens (tertiary/aromatic N) is 3. The predicted molar refractivity (Wildman–Crippen MR) is 128 cm³/mol. The van der Waals surface area contributed by atoms with Crippen LogP contribution in [0.4, 0.5) is 11.5 Å². The number of rotatable bonds is 6. The van der Waals surface area contributed by atoms with Crippen molar-refractivity contribution in [3.05, 3.63) is 78.0 Å². The second kappa shape index (κ2) is 9.75. The van der Waals surface area contributed by atoms with Crippen molar-refractivity contribution in [3.63, 3.8) is 0 Å². The average Bonchev–Trinajstić information content (AvgIpc) is 2.80. The lowest BCUT2D eigenvalue weighted by Crippen LogP contribution is -2.29. The fraction of sp³-hybridized carbons (Fsp3) is 0.308. The first kappa shape index (κ1) is 21.1. The number of likely N-dealkylation sites (tertiary alicyclic amines) is 1. The Morgan fingerprint density at radius 3 is 2.52 bits per heavy atom. The van der Waals surface area contributed by atoms with Crippen molar-refractivity contribution in [1.82, 2.24) is 9.88 Å². The highest BCUT2D eigenvalue weighted by Crippen LogP contribution is 2.27. The zero-order valence-electron chi connectivity index (χ0n) is 18.3. The first-order valence-corrected chi connectivity index (χ1v) is 11.0. The van der Waals surface area contributed by atoms with Crippen molar-refractivity contribution < 1.29 is 4.79 Å². The summed E-state index contributed by atoms with van der Waals surface area (Å²) in [6, 6.07) is 20.2. The van der Waals surface area contributed by atoms with Gasteiger partial charge in [-0.2, -0.15) is 0 Å². The van der Waals surface area contributed by atoms with E-state index in [2.05, 4.69) is 51.6 Å². The lowest BCUT2D eigenvalue weighted by Gasteiger charge is -2.27. The standard InChI is InChI=1S/C26H30N4O/c1-29(2)25-18-23(13-14-27-25)28-26(31)21-11-12-24(20-9-5-3-6-10-20)22(17-21)19-30-15-7-4-8-16-30/h3,5-6,9-14,17-18H,4,7-8,15-16,19H2,1-2H3,(H,27,28,31). The molecule has 0 atom stereocenters. The first-order valence-electron chi connectivity index (χ1n) is 11.0. The molecule has 1 fully saturated rings. The van der Waals surface area contributed by atoms with Crippen LogP contribution in [0.1, 0.15) is 35.2 Å². The summed E-state index contributed by atoms with van der Waals surface area (Å²) < 4.78 is 0. The minimum Gasteiger partial charge on any atom is -0.363 e. The maximum atomic E-state index is 13.0. The molecule has 0 radical (unpaired) electrons. The second-order valence-electron chi connectivity index (χ2n) is 8.33. The number of aromatic nitrogens is 1. The van der Waals surface area contributed by atoms with E-state index >= 15 is 0 Å². The van der Waals surface area contributed by atoms with Gasteiger partial charge in [-0.15, -0.1) is 0 Å². The SMILES string of the molecule is CN(C)c1cc(NC(=O)c2ccc(-c3ccccc3)c(CN3CCCCC3)c2)ccn1. The Kier molecular flexibility index (Phi) is 6.63. The maximum absolute atomic E-state index is 13.0. The van der Waals surface area contributed by atoms with Crippen LogP contribution in [0.3, 0.4) is 0 Å². The number of amides is 1. The third-order valence-electron chi connectivity index (χ3n) is 5.76. The third kappa shape index (κ3) is 5.30. The molecule has 4 rings (SSSR count). The van der Waals surface area contributed by atoms with Gasteiger partial charge in [0.1, 0.15) is 5.82 Å². The minimum absolute atomic E-state index is 0.101. The highest BCUT2D eigenvalue weighted by molar-refractivity contribution is 6.04. The van der Waals surface area contributed by atoms with Crippen molar-refractivity contribution in [1.29, 1.82) is 0 Å². The largest absolute Gasteiger partial charge is 0.363 e. The van der Waals surface area contributed by atoms with Crippen LogP contribution in [0.2, 0.25) is 0 Å². The zero-order chi connectivity index (χ0) is 21.6. The molecule has 0 saturated carbocycles. The van der Waals surface area contributed by atoms with Crippen LogP contribution < -0.4 is 10.2 Å². The van der Waals surface area contributed by atoms with Gasteiger partial charge in [0.15, 0.2) is 0 Å². The molecule has 1 N–H and O–H groups in total. The molecule has 5 nitrogen and oxygen atoms in total. The van der Waals surface area contributed by atoms with Gasteiger partial charge in [0.25, 0.3) is 5.91 Å². The van der Waals surface area contributed by atoms with Gasteiger partial charge in [0, 0.05) is 44.2 Å². The molecule has 0 aliphatic carbocycles. The van der Waals surface area contributed by atoms with Crippen molar-refractivity contribution in [2.45, 2.75) is 25.8 Å². The summed E-state index contributed by atoms with van der Waals surface area (Å²) in [6.07, 6.45) is 5.52. The normalized spacial score (nSPS) is 14.3. The molecular weight excluding hydrogens is 384 g/mol. The molecule has 160 valence electrons.